The Kier molecular flexibility index (Phi) is 5.00. The fraction of sp³-hybridized carbons (Fsp3) is 0.125. The second-order valence-corrected chi connectivity index (χ2v) is 5.04. The molecule has 0 radical (unpaired) electrons. The summed E-state index contributed by atoms with van der Waals surface area (Å²) in [7, 11) is 0. The number of hydrogen-bond acceptors (Lipinski definition) is 4. The van der Waals surface area contributed by atoms with Gasteiger partial charge in [-0.3, -0.25) is 9.59 Å². The Morgan fingerprint density at radius 2 is 1.57 bits per heavy atom. The Bertz CT molecular complexity index is 622. The van der Waals surface area contributed by atoms with Crippen LogP contribution in [0, 0.1) is 0 Å². The highest BCUT2D eigenvalue weighted by molar-refractivity contribution is 7.81. The lowest BCUT2D eigenvalue weighted by molar-refractivity contribution is -0.136. The number of Topliss-reactive ketones (excluding diaryl/α,β-unsaturated/α-hetero) is 1. The summed E-state index contributed by atoms with van der Waals surface area (Å²) < 4.78 is 5.61. The molecule has 21 heavy (non-hydrogen) atoms. The van der Waals surface area contributed by atoms with Gasteiger partial charge in [0, 0.05) is 12.0 Å². The summed E-state index contributed by atoms with van der Waals surface area (Å²) in [5.41, 5.74) is 0.440. The third kappa shape index (κ3) is 4.36. The monoisotopic (exact) mass is 302 g/mol. The normalized spacial score (nSPS) is 11.7. The summed E-state index contributed by atoms with van der Waals surface area (Å²) in [6.45, 7) is 0. The topological polar surface area (TPSA) is 63.6 Å². The summed E-state index contributed by atoms with van der Waals surface area (Å²) in [5, 5.41) is 7.75. The molecule has 2 aromatic carbocycles. The molecule has 0 spiro atoms. The zero-order chi connectivity index (χ0) is 15.2. The van der Waals surface area contributed by atoms with E-state index in [0.717, 1.165) is 0 Å². The standard InChI is InChI=1S/C16H14O4S/c17-14(10-15(21)16(18)19)11-6-8-13(9-7-11)20-12-4-2-1-3-5-12/h1-9,15,21H,10H2,(H,18,19). The van der Waals surface area contributed by atoms with Crippen LogP contribution >= 0.6 is 12.6 Å². The molecule has 1 atom stereocenters. The Morgan fingerprint density at radius 3 is 2.14 bits per heavy atom. The number of benzene rings is 2. The number of aliphatic carboxylic acids is 1. The molecule has 0 saturated heterocycles. The van der Waals surface area contributed by atoms with Gasteiger partial charge in [0.2, 0.25) is 0 Å². The zero-order valence-corrected chi connectivity index (χ0v) is 12.0. The van der Waals surface area contributed by atoms with Crippen molar-refractivity contribution in [3.8, 4) is 11.5 Å². The molecule has 2 rings (SSSR count). The third-order valence-electron chi connectivity index (χ3n) is 2.82. The number of para-hydroxylation sites is 1. The van der Waals surface area contributed by atoms with Crippen LogP contribution in [0.15, 0.2) is 54.6 Å². The van der Waals surface area contributed by atoms with E-state index in [1.165, 1.54) is 0 Å². The van der Waals surface area contributed by atoms with Crippen molar-refractivity contribution < 1.29 is 19.4 Å². The highest BCUT2D eigenvalue weighted by Gasteiger charge is 2.17. The molecule has 5 heteroatoms. The molecule has 2 aromatic rings. The first-order valence-corrected chi connectivity index (χ1v) is 6.85. The first-order valence-electron chi connectivity index (χ1n) is 6.33. The van der Waals surface area contributed by atoms with Crippen molar-refractivity contribution in [2.45, 2.75) is 11.7 Å². The lowest BCUT2D eigenvalue weighted by Gasteiger charge is -2.07. The Balaban J connectivity index is 2.02. The minimum Gasteiger partial charge on any atom is -0.480 e. The number of ketones is 1. The number of thiol groups is 1. The summed E-state index contributed by atoms with van der Waals surface area (Å²) in [6, 6.07) is 15.9. The Labute approximate surface area is 127 Å². The molecule has 4 nitrogen and oxygen atoms in total. The van der Waals surface area contributed by atoms with Crippen molar-refractivity contribution >= 4 is 24.4 Å². The van der Waals surface area contributed by atoms with Gasteiger partial charge in [0.25, 0.3) is 0 Å². The van der Waals surface area contributed by atoms with Crippen LogP contribution < -0.4 is 4.74 Å². The quantitative estimate of drug-likeness (QED) is 0.634. The van der Waals surface area contributed by atoms with Crippen molar-refractivity contribution in [1.82, 2.24) is 0 Å². The average molecular weight is 302 g/mol. The van der Waals surface area contributed by atoms with Crippen molar-refractivity contribution in [1.29, 1.82) is 0 Å². The molecular formula is C16H14O4S. The van der Waals surface area contributed by atoms with Crippen LogP contribution in [-0.4, -0.2) is 22.1 Å². The van der Waals surface area contributed by atoms with Crippen molar-refractivity contribution in [3.63, 3.8) is 0 Å². The van der Waals surface area contributed by atoms with Crippen LogP contribution in [0.5, 0.6) is 11.5 Å². The van der Waals surface area contributed by atoms with E-state index < -0.39 is 11.2 Å². The van der Waals surface area contributed by atoms with Gasteiger partial charge in [0.1, 0.15) is 16.7 Å². The van der Waals surface area contributed by atoms with Gasteiger partial charge in [-0.15, -0.1) is 0 Å². The summed E-state index contributed by atoms with van der Waals surface area (Å²) in [6.07, 6.45) is -0.142. The summed E-state index contributed by atoms with van der Waals surface area (Å²) >= 11 is 3.86. The second kappa shape index (κ2) is 6.95. The molecule has 0 aliphatic carbocycles. The average Bonchev–Trinajstić information content (AvgIpc) is 2.48. The molecule has 1 unspecified atom stereocenters. The molecule has 0 aliphatic heterocycles. The van der Waals surface area contributed by atoms with E-state index in [1.54, 1.807) is 24.3 Å². The lowest BCUT2D eigenvalue weighted by atomic mass is 10.1. The number of hydrogen-bond donors (Lipinski definition) is 2. The maximum absolute atomic E-state index is 11.9. The Morgan fingerprint density at radius 1 is 1.00 bits per heavy atom. The SMILES string of the molecule is O=C(CC(S)C(=O)O)c1ccc(Oc2ccccc2)cc1. The van der Waals surface area contributed by atoms with E-state index in [1.807, 2.05) is 30.3 Å². The number of carbonyl (C=O) groups excluding carboxylic acids is 1. The van der Waals surface area contributed by atoms with Gasteiger partial charge in [0.05, 0.1) is 0 Å². The molecule has 0 aromatic heterocycles. The van der Waals surface area contributed by atoms with Gasteiger partial charge < -0.3 is 9.84 Å². The van der Waals surface area contributed by atoms with Crippen LogP contribution in [0.1, 0.15) is 16.8 Å². The number of ether oxygens (including phenoxy) is 1. The second-order valence-electron chi connectivity index (χ2n) is 4.42. The van der Waals surface area contributed by atoms with Gasteiger partial charge >= 0.3 is 5.97 Å². The van der Waals surface area contributed by atoms with Crippen LogP contribution in [0.25, 0.3) is 0 Å². The van der Waals surface area contributed by atoms with E-state index >= 15 is 0 Å². The van der Waals surface area contributed by atoms with Gasteiger partial charge in [0.15, 0.2) is 5.78 Å². The first-order chi connectivity index (χ1) is 10.1. The van der Waals surface area contributed by atoms with Crippen LogP contribution in [0.2, 0.25) is 0 Å². The predicted octanol–water partition coefficient (Wildman–Crippen LogP) is 3.43. The number of carbonyl (C=O) groups is 2. The molecule has 0 amide bonds. The summed E-state index contributed by atoms with van der Waals surface area (Å²) in [5.74, 6) is -0.0457. The van der Waals surface area contributed by atoms with Crippen molar-refractivity contribution in [2.24, 2.45) is 0 Å². The highest BCUT2D eigenvalue weighted by atomic mass is 32.1. The van der Waals surface area contributed by atoms with Gasteiger partial charge in [-0.25, -0.2) is 0 Å². The number of carboxylic acids is 1. The molecule has 108 valence electrons. The molecule has 0 saturated carbocycles. The molecule has 0 fully saturated rings. The van der Waals surface area contributed by atoms with Crippen molar-refractivity contribution in [2.75, 3.05) is 0 Å². The lowest BCUT2D eigenvalue weighted by Crippen LogP contribution is -2.18. The maximum Gasteiger partial charge on any atom is 0.316 e. The van der Waals surface area contributed by atoms with Crippen LogP contribution in [0.3, 0.4) is 0 Å². The van der Waals surface area contributed by atoms with Gasteiger partial charge in [-0.1, -0.05) is 18.2 Å². The minimum absolute atomic E-state index is 0.142. The van der Waals surface area contributed by atoms with Gasteiger partial charge in [-0.05, 0) is 36.4 Å². The van der Waals surface area contributed by atoms with Crippen LogP contribution in [0.4, 0.5) is 0 Å². The smallest absolute Gasteiger partial charge is 0.316 e. The highest BCUT2D eigenvalue weighted by Crippen LogP contribution is 2.21. The summed E-state index contributed by atoms with van der Waals surface area (Å²) in [4.78, 5) is 22.6. The molecule has 0 bridgehead atoms. The van der Waals surface area contributed by atoms with E-state index in [-0.39, 0.29) is 12.2 Å². The van der Waals surface area contributed by atoms with E-state index in [4.69, 9.17) is 9.84 Å². The predicted molar refractivity (Wildman–Crippen MR) is 82.3 cm³/mol. The van der Waals surface area contributed by atoms with E-state index in [2.05, 4.69) is 12.6 Å². The largest absolute Gasteiger partial charge is 0.480 e. The fourth-order valence-electron chi connectivity index (χ4n) is 1.71. The van der Waals surface area contributed by atoms with Gasteiger partial charge in [-0.2, -0.15) is 12.6 Å². The minimum atomic E-state index is -1.10. The maximum atomic E-state index is 11.9. The number of rotatable bonds is 6. The third-order valence-corrected chi connectivity index (χ3v) is 3.22. The molecular weight excluding hydrogens is 288 g/mol. The van der Waals surface area contributed by atoms with Crippen molar-refractivity contribution in [3.05, 3.63) is 60.2 Å². The van der Waals surface area contributed by atoms with Crippen LogP contribution in [-0.2, 0) is 4.79 Å². The number of carboxylic acid groups (broad SMARTS) is 1. The molecule has 0 aliphatic rings. The van der Waals surface area contributed by atoms with E-state index in [9.17, 15) is 9.59 Å². The molecule has 1 N–H and O–H groups in total. The first kappa shape index (κ1) is 15.1. The molecule has 0 heterocycles. The zero-order valence-electron chi connectivity index (χ0n) is 11.1. The Hall–Kier alpha value is -2.27. The van der Waals surface area contributed by atoms with E-state index in [0.29, 0.717) is 17.1 Å². The fourth-order valence-corrected chi connectivity index (χ4v) is 1.88.